The summed E-state index contributed by atoms with van der Waals surface area (Å²) in [6.07, 6.45) is 1.50. The van der Waals surface area contributed by atoms with E-state index in [1.54, 1.807) is 19.0 Å². The van der Waals surface area contributed by atoms with E-state index in [-0.39, 0.29) is 17.4 Å². The van der Waals surface area contributed by atoms with Gasteiger partial charge in [0, 0.05) is 38.1 Å². The maximum Gasteiger partial charge on any atom is 0.238 e. The van der Waals surface area contributed by atoms with Gasteiger partial charge in [-0.3, -0.25) is 4.79 Å². The maximum absolute atomic E-state index is 11.9. The van der Waals surface area contributed by atoms with Crippen molar-refractivity contribution >= 4 is 5.91 Å². The second-order valence-corrected chi connectivity index (χ2v) is 6.16. The lowest BCUT2D eigenvalue weighted by Crippen LogP contribution is -2.68. The molecule has 1 N–H and O–H groups in total. The lowest BCUT2D eigenvalue weighted by molar-refractivity contribution is -0.137. The number of amides is 1. The fourth-order valence-corrected chi connectivity index (χ4v) is 3.39. The summed E-state index contributed by atoms with van der Waals surface area (Å²) in [5.41, 5.74) is 0.141. The van der Waals surface area contributed by atoms with Gasteiger partial charge in [0.1, 0.15) is 0 Å². The van der Waals surface area contributed by atoms with Crippen molar-refractivity contribution in [2.24, 2.45) is 11.3 Å². The Balaban J connectivity index is 1.97. The molecule has 1 aliphatic heterocycles. The van der Waals surface area contributed by atoms with Gasteiger partial charge in [-0.2, -0.15) is 0 Å². The Kier molecular flexibility index (Phi) is 3.21. The molecule has 17 heavy (non-hydrogen) atoms. The van der Waals surface area contributed by atoms with Crippen LogP contribution in [-0.2, 0) is 9.53 Å². The number of likely N-dealkylation sites (N-methyl/N-ethyl adjacent to an activating group) is 1. The monoisotopic (exact) mass is 240 g/mol. The zero-order valence-corrected chi connectivity index (χ0v) is 11.5. The van der Waals surface area contributed by atoms with Gasteiger partial charge >= 0.3 is 0 Å². The van der Waals surface area contributed by atoms with Crippen LogP contribution in [0, 0.1) is 11.3 Å². The number of nitrogens with one attached hydrogen (secondary N) is 1. The molecular formula is C13H24N2O2. The molecule has 0 aromatic carbocycles. The molecule has 0 aromatic heterocycles. The normalized spacial score (nSPS) is 35.9. The summed E-state index contributed by atoms with van der Waals surface area (Å²) >= 11 is 0. The van der Waals surface area contributed by atoms with Crippen LogP contribution in [0.4, 0.5) is 0 Å². The molecule has 2 aliphatic rings. The molecule has 4 heteroatoms. The van der Waals surface area contributed by atoms with Gasteiger partial charge < -0.3 is 15.0 Å². The van der Waals surface area contributed by atoms with E-state index in [0.717, 1.165) is 13.0 Å². The fourth-order valence-electron chi connectivity index (χ4n) is 3.39. The Hall–Kier alpha value is -0.610. The molecular weight excluding hydrogens is 216 g/mol. The minimum Gasteiger partial charge on any atom is -0.377 e. The molecule has 4 nitrogen and oxygen atoms in total. The third-order valence-electron chi connectivity index (χ3n) is 4.34. The van der Waals surface area contributed by atoms with Crippen molar-refractivity contribution in [2.75, 3.05) is 20.7 Å². The maximum atomic E-state index is 11.9. The molecule has 0 radical (unpaired) electrons. The molecule has 1 saturated carbocycles. The van der Waals surface area contributed by atoms with Gasteiger partial charge in [0.25, 0.3) is 0 Å². The fraction of sp³-hybridized carbons (Fsp3) is 0.923. The third kappa shape index (κ3) is 1.97. The summed E-state index contributed by atoms with van der Waals surface area (Å²) in [6, 6.07) is 0.282. The van der Waals surface area contributed by atoms with Gasteiger partial charge in [-0.05, 0) is 13.3 Å². The molecule has 0 bridgehead atoms. The zero-order valence-electron chi connectivity index (χ0n) is 11.5. The highest BCUT2D eigenvalue weighted by Crippen LogP contribution is 2.52. The van der Waals surface area contributed by atoms with E-state index in [4.69, 9.17) is 4.74 Å². The minimum atomic E-state index is -0.115. The van der Waals surface area contributed by atoms with Crippen LogP contribution in [0.5, 0.6) is 0 Å². The van der Waals surface area contributed by atoms with E-state index in [9.17, 15) is 4.79 Å². The number of carbonyl (C=O) groups is 1. The molecule has 4 atom stereocenters. The van der Waals surface area contributed by atoms with E-state index in [2.05, 4.69) is 19.2 Å². The van der Waals surface area contributed by atoms with Crippen molar-refractivity contribution in [3.63, 3.8) is 0 Å². The second-order valence-electron chi connectivity index (χ2n) is 6.16. The van der Waals surface area contributed by atoms with E-state index in [1.807, 2.05) is 6.92 Å². The summed E-state index contributed by atoms with van der Waals surface area (Å²) in [6.45, 7) is 7.27. The average Bonchev–Trinajstić information content (AvgIpc) is 2.70. The molecule has 4 unspecified atom stereocenters. The lowest BCUT2D eigenvalue weighted by atomic mass is 9.57. The van der Waals surface area contributed by atoms with Crippen LogP contribution in [0.2, 0.25) is 0 Å². The van der Waals surface area contributed by atoms with Gasteiger partial charge in [-0.1, -0.05) is 13.8 Å². The number of hydrogen-bond acceptors (Lipinski definition) is 3. The van der Waals surface area contributed by atoms with E-state index < -0.39 is 0 Å². The van der Waals surface area contributed by atoms with Crippen LogP contribution in [0.25, 0.3) is 0 Å². The van der Waals surface area contributed by atoms with Crippen molar-refractivity contribution in [3.8, 4) is 0 Å². The van der Waals surface area contributed by atoms with Crippen molar-refractivity contribution in [1.29, 1.82) is 0 Å². The van der Waals surface area contributed by atoms with Gasteiger partial charge in [-0.25, -0.2) is 0 Å². The molecule has 98 valence electrons. The minimum absolute atomic E-state index is 0.115. The number of hydrogen-bond donors (Lipinski definition) is 1. The Labute approximate surface area is 104 Å². The summed E-state index contributed by atoms with van der Waals surface area (Å²) in [5, 5.41) is 3.49. The Morgan fingerprint density at radius 3 is 2.71 bits per heavy atom. The highest BCUT2D eigenvalue weighted by atomic mass is 16.5. The molecule has 1 saturated heterocycles. The molecule has 2 fully saturated rings. The number of rotatable bonds is 3. The number of ether oxygens (including phenoxy) is 1. The molecule has 0 spiro atoms. The molecule has 1 amide bonds. The summed E-state index contributed by atoms with van der Waals surface area (Å²) < 4.78 is 5.75. The summed E-state index contributed by atoms with van der Waals surface area (Å²) in [7, 11) is 3.60. The Morgan fingerprint density at radius 1 is 1.47 bits per heavy atom. The topological polar surface area (TPSA) is 41.6 Å². The number of fused-ring (bicyclic) bond motifs is 1. The van der Waals surface area contributed by atoms with Crippen molar-refractivity contribution in [2.45, 2.75) is 45.4 Å². The Morgan fingerprint density at radius 2 is 2.12 bits per heavy atom. The standard InChI is InChI=1S/C13H24N2O2/c1-8(12(16)15(4)5)14-10-9-6-7-17-11(9)13(10,2)3/h8-11,14H,6-7H2,1-5H3. The first kappa shape index (κ1) is 12.8. The van der Waals surface area contributed by atoms with Crippen molar-refractivity contribution in [1.82, 2.24) is 10.2 Å². The van der Waals surface area contributed by atoms with E-state index in [0.29, 0.717) is 18.1 Å². The first-order valence-electron chi connectivity index (χ1n) is 6.44. The third-order valence-corrected chi connectivity index (χ3v) is 4.34. The second kappa shape index (κ2) is 4.25. The molecule has 0 aromatic rings. The van der Waals surface area contributed by atoms with Gasteiger partial charge in [0.05, 0.1) is 12.1 Å². The quantitative estimate of drug-likeness (QED) is 0.796. The Bertz CT molecular complexity index is 315. The summed E-state index contributed by atoms with van der Waals surface area (Å²) in [4.78, 5) is 13.5. The number of carbonyl (C=O) groups excluding carboxylic acids is 1. The van der Waals surface area contributed by atoms with Crippen LogP contribution in [0.1, 0.15) is 27.2 Å². The zero-order chi connectivity index (χ0) is 12.8. The average molecular weight is 240 g/mol. The highest BCUT2D eigenvalue weighted by molar-refractivity contribution is 5.81. The van der Waals surface area contributed by atoms with E-state index >= 15 is 0 Å². The predicted octanol–water partition coefficient (Wildman–Crippen LogP) is 0.866. The van der Waals surface area contributed by atoms with Gasteiger partial charge in [0.15, 0.2) is 0 Å². The molecule has 1 aliphatic carbocycles. The van der Waals surface area contributed by atoms with Crippen LogP contribution >= 0.6 is 0 Å². The number of nitrogens with zero attached hydrogens (tertiary/aromatic N) is 1. The largest absolute Gasteiger partial charge is 0.377 e. The van der Waals surface area contributed by atoms with Crippen molar-refractivity contribution < 1.29 is 9.53 Å². The first-order valence-corrected chi connectivity index (χ1v) is 6.44. The van der Waals surface area contributed by atoms with Crippen LogP contribution in [0.15, 0.2) is 0 Å². The SMILES string of the molecule is CC(NC1C2CCOC2C1(C)C)C(=O)N(C)C. The van der Waals surface area contributed by atoms with Crippen LogP contribution in [0.3, 0.4) is 0 Å². The van der Waals surface area contributed by atoms with Gasteiger partial charge in [0.2, 0.25) is 5.91 Å². The first-order chi connectivity index (χ1) is 7.85. The van der Waals surface area contributed by atoms with E-state index in [1.165, 1.54) is 0 Å². The highest BCUT2D eigenvalue weighted by Gasteiger charge is 2.59. The van der Waals surface area contributed by atoms with Crippen LogP contribution in [-0.4, -0.2) is 49.7 Å². The molecule has 2 rings (SSSR count). The molecule has 1 heterocycles. The van der Waals surface area contributed by atoms with Crippen molar-refractivity contribution in [3.05, 3.63) is 0 Å². The summed E-state index contributed by atoms with van der Waals surface area (Å²) in [5.74, 6) is 0.727. The smallest absolute Gasteiger partial charge is 0.238 e. The predicted molar refractivity (Wildman–Crippen MR) is 66.7 cm³/mol. The van der Waals surface area contributed by atoms with Crippen LogP contribution < -0.4 is 5.32 Å². The lowest BCUT2D eigenvalue weighted by Gasteiger charge is -2.55. The van der Waals surface area contributed by atoms with Gasteiger partial charge in [-0.15, -0.1) is 0 Å².